The molecule has 11 heteroatoms. The number of hydrogen-bond acceptors (Lipinski definition) is 8. The van der Waals surface area contributed by atoms with Crippen LogP contribution in [0.15, 0.2) is 18.2 Å². The number of hydrogen-bond donors (Lipinski definition) is 1. The number of aldehydes is 2. The van der Waals surface area contributed by atoms with Crippen LogP contribution in [0, 0.1) is 25.6 Å². The van der Waals surface area contributed by atoms with Gasteiger partial charge in [-0.15, -0.1) is 0 Å². The van der Waals surface area contributed by atoms with Crippen molar-refractivity contribution in [1.29, 1.82) is 0 Å². The summed E-state index contributed by atoms with van der Waals surface area (Å²) < 4.78 is 5.35. The lowest BCUT2D eigenvalue weighted by atomic mass is 9.85. The zero-order valence-corrected chi connectivity index (χ0v) is 18.8. The second kappa shape index (κ2) is 14.8. The highest BCUT2D eigenvalue weighted by Crippen LogP contribution is 2.26. The lowest BCUT2D eigenvalue weighted by Crippen LogP contribution is -2.31. The SMILES string of the molecule is CC(CC=O)(CC=O)COCC(=O)NCCCCCCCc1ccc([N+](=O)[O-])cc1[N+](=O)[O-]. The molecule has 0 aromatic heterocycles. The largest absolute Gasteiger partial charge is 0.371 e. The molecule has 33 heavy (non-hydrogen) atoms. The van der Waals surface area contributed by atoms with Gasteiger partial charge in [0.1, 0.15) is 19.2 Å². The molecule has 1 N–H and O–H groups in total. The summed E-state index contributed by atoms with van der Waals surface area (Å²) in [5, 5.41) is 24.7. The van der Waals surface area contributed by atoms with Crippen LogP contribution < -0.4 is 5.32 Å². The Morgan fingerprint density at radius 3 is 2.27 bits per heavy atom. The average Bonchev–Trinajstić information content (AvgIpc) is 2.75. The topological polar surface area (TPSA) is 159 Å². The van der Waals surface area contributed by atoms with Crippen LogP contribution >= 0.6 is 0 Å². The maximum atomic E-state index is 11.8. The summed E-state index contributed by atoms with van der Waals surface area (Å²) in [6.07, 6.45) is 6.42. The van der Waals surface area contributed by atoms with Crippen LogP contribution in [0.25, 0.3) is 0 Å². The van der Waals surface area contributed by atoms with Crippen LogP contribution in [0.3, 0.4) is 0 Å². The summed E-state index contributed by atoms with van der Waals surface area (Å²) in [5.74, 6) is -0.264. The number of non-ortho nitro benzene ring substituents is 1. The van der Waals surface area contributed by atoms with Gasteiger partial charge in [0.05, 0.1) is 22.5 Å². The highest BCUT2D eigenvalue weighted by atomic mass is 16.6. The Bertz CT molecular complexity index is 818. The van der Waals surface area contributed by atoms with Crippen molar-refractivity contribution in [3.8, 4) is 0 Å². The number of unbranched alkanes of at least 4 members (excludes halogenated alkanes) is 4. The predicted octanol–water partition coefficient (Wildman–Crippen LogP) is 3.31. The van der Waals surface area contributed by atoms with Gasteiger partial charge in [0.15, 0.2) is 0 Å². The van der Waals surface area contributed by atoms with Gasteiger partial charge in [-0.1, -0.05) is 26.2 Å². The number of aryl methyl sites for hydroxylation is 1. The number of carbonyl (C=O) groups excluding carboxylic acids is 3. The Labute approximate surface area is 192 Å². The Kier molecular flexibility index (Phi) is 12.5. The fraction of sp³-hybridized carbons (Fsp3) is 0.591. The molecule has 1 aromatic rings. The van der Waals surface area contributed by atoms with Gasteiger partial charge in [0, 0.05) is 36.4 Å². The number of ether oxygens (including phenoxy) is 1. The van der Waals surface area contributed by atoms with E-state index in [0.717, 1.165) is 50.7 Å². The molecule has 1 amide bonds. The van der Waals surface area contributed by atoms with E-state index in [-0.39, 0.29) is 43.3 Å². The smallest absolute Gasteiger partial charge is 0.279 e. The molecule has 0 saturated heterocycles. The van der Waals surface area contributed by atoms with E-state index >= 15 is 0 Å². The van der Waals surface area contributed by atoms with E-state index in [1.165, 1.54) is 12.1 Å². The molecule has 0 saturated carbocycles. The summed E-state index contributed by atoms with van der Waals surface area (Å²) in [5.41, 5.74) is -0.644. The van der Waals surface area contributed by atoms with Crippen LogP contribution in [-0.2, 0) is 25.5 Å². The Morgan fingerprint density at radius 2 is 1.67 bits per heavy atom. The molecule has 0 aliphatic heterocycles. The summed E-state index contributed by atoms with van der Waals surface area (Å²) in [4.78, 5) is 53.9. The number of carbonyl (C=O) groups is 3. The molecular weight excluding hydrogens is 434 g/mol. The molecule has 0 unspecified atom stereocenters. The number of nitro benzene ring substituents is 2. The number of amides is 1. The first-order valence-corrected chi connectivity index (χ1v) is 10.9. The molecule has 0 spiro atoms. The maximum absolute atomic E-state index is 11.8. The van der Waals surface area contributed by atoms with Crippen molar-refractivity contribution in [2.45, 2.75) is 58.3 Å². The molecule has 1 aromatic carbocycles. The Hall–Kier alpha value is -3.21. The van der Waals surface area contributed by atoms with Gasteiger partial charge in [-0.2, -0.15) is 0 Å². The summed E-state index contributed by atoms with van der Waals surface area (Å²) in [7, 11) is 0. The standard InChI is InChI=1S/C22H31N3O8/c1-22(10-13-26,11-14-27)17-33-16-21(28)23-12-6-4-2-3-5-7-18-8-9-19(24(29)30)15-20(18)25(31)32/h8-9,13-15H,2-7,10-12,16-17H2,1H3,(H,23,28). The molecular formula is C22H31N3O8. The van der Waals surface area contributed by atoms with Crippen LogP contribution in [-0.4, -0.2) is 48.1 Å². The minimum absolute atomic E-state index is 0.138. The van der Waals surface area contributed by atoms with E-state index in [1.807, 2.05) is 0 Å². The van der Waals surface area contributed by atoms with Gasteiger partial charge in [0.2, 0.25) is 5.91 Å². The van der Waals surface area contributed by atoms with Crippen molar-refractivity contribution in [1.82, 2.24) is 5.32 Å². The normalized spacial score (nSPS) is 11.1. The minimum Gasteiger partial charge on any atom is -0.371 e. The lowest BCUT2D eigenvalue weighted by Gasteiger charge is -2.24. The molecule has 0 aliphatic rings. The van der Waals surface area contributed by atoms with Gasteiger partial charge >= 0.3 is 0 Å². The van der Waals surface area contributed by atoms with Crippen molar-refractivity contribution >= 4 is 29.9 Å². The maximum Gasteiger partial charge on any atom is 0.279 e. The molecule has 182 valence electrons. The number of nitrogens with zero attached hydrogens (tertiary/aromatic N) is 2. The first-order chi connectivity index (χ1) is 15.7. The number of benzene rings is 1. The van der Waals surface area contributed by atoms with Crippen LogP contribution in [0.2, 0.25) is 0 Å². The number of rotatable bonds is 18. The molecule has 0 bridgehead atoms. The third-order valence-electron chi connectivity index (χ3n) is 5.26. The van der Waals surface area contributed by atoms with E-state index in [4.69, 9.17) is 4.74 Å². The Balaban J connectivity index is 2.19. The molecule has 0 radical (unpaired) electrons. The van der Waals surface area contributed by atoms with E-state index < -0.39 is 15.3 Å². The molecule has 11 nitrogen and oxygen atoms in total. The van der Waals surface area contributed by atoms with Gasteiger partial charge in [-0.3, -0.25) is 25.0 Å². The van der Waals surface area contributed by atoms with E-state index in [0.29, 0.717) is 18.5 Å². The highest BCUT2D eigenvalue weighted by Gasteiger charge is 2.24. The van der Waals surface area contributed by atoms with Crippen molar-refractivity contribution in [3.63, 3.8) is 0 Å². The quantitative estimate of drug-likeness (QED) is 0.150. The summed E-state index contributed by atoms with van der Waals surface area (Å²) >= 11 is 0. The van der Waals surface area contributed by atoms with E-state index in [1.54, 1.807) is 6.92 Å². The van der Waals surface area contributed by atoms with E-state index in [2.05, 4.69) is 5.32 Å². The third-order valence-corrected chi connectivity index (χ3v) is 5.26. The second-order valence-corrected chi connectivity index (χ2v) is 8.24. The molecule has 0 heterocycles. The van der Waals surface area contributed by atoms with Gasteiger partial charge in [0.25, 0.3) is 11.4 Å². The van der Waals surface area contributed by atoms with Crippen LogP contribution in [0.4, 0.5) is 11.4 Å². The summed E-state index contributed by atoms with van der Waals surface area (Å²) in [6.45, 7) is 2.26. The first kappa shape index (κ1) is 27.8. The molecule has 0 aliphatic carbocycles. The zero-order chi connectivity index (χ0) is 24.7. The molecule has 0 fully saturated rings. The summed E-state index contributed by atoms with van der Waals surface area (Å²) in [6, 6.07) is 3.71. The lowest BCUT2D eigenvalue weighted by molar-refractivity contribution is -0.394. The fourth-order valence-corrected chi connectivity index (χ4v) is 3.29. The van der Waals surface area contributed by atoms with Gasteiger partial charge in [-0.25, -0.2) is 0 Å². The van der Waals surface area contributed by atoms with Crippen LogP contribution in [0.5, 0.6) is 0 Å². The van der Waals surface area contributed by atoms with Crippen molar-refractivity contribution < 1.29 is 29.0 Å². The van der Waals surface area contributed by atoms with Crippen molar-refractivity contribution in [3.05, 3.63) is 44.0 Å². The second-order valence-electron chi connectivity index (χ2n) is 8.24. The third kappa shape index (κ3) is 10.8. The molecule has 0 atom stereocenters. The predicted molar refractivity (Wildman–Crippen MR) is 120 cm³/mol. The van der Waals surface area contributed by atoms with Crippen LogP contribution in [0.1, 0.15) is 57.4 Å². The van der Waals surface area contributed by atoms with Gasteiger partial charge < -0.3 is 19.6 Å². The molecule has 1 rings (SSSR count). The first-order valence-electron chi connectivity index (χ1n) is 10.9. The zero-order valence-electron chi connectivity index (χ0n) is 18.8. The monoisotopic (exact) mass is 465 g/mol. The average molecular weight is 466 g/mol. The van der Waals surface area contributed by atoms with Gasteiger partial charge in [-0.05, 0) is 25.3 Å². The fourth-order valence-electron chi connectivity index (χ4n) is 3.29. The highest BCUT2D eigenvalue weighted by molar-refractivity contribution is 5.77. The van der Waals surface area contributed by atoms with Crippen molar-refractivity contribution in [2.75, 3.05) is 19.8 Å². The number of nitro groups is 2. The van der Waals surface area contributed by atoms with Crippen molar-refractivity contribution in [2.24, 2.45) is 5.41 Å². The number of nitrogens with one attached hydrogen (secondary N) is 1. The Morgan fingerprint density at radius 1 is 1.03 bits per heavy atom. The van der Waals surface area contributed by atoms with E-state index in [9.17, 15) is 34.6 Å². The minimum atomic E-state index is -0.653.